The SMILES string of the molecule is CC(CCc1ccccc1)NC(C(=O)O)C(O)c1ccc(O)c(O)c1. The molecule has 0 heterocycles. The number of phenols is 2. The van der Waals surface area contributed by atoms with Crippen LogP contribution in [-0.4, -0.2) is 38.5 Å². The van der Waals surface area contributed by atoms with Crippen molar-refractivity contribution in [1.82, 2.24) is 5.32 Å². The Morgan fingerprint density at radius 2 is 1.76 bits per heavy atom. The Kier molecular flexibility index (Phi) is 6.38. The number of carbonyl (C=O) groups is 1. The number of carboxylic acid groups (broad SMARTS) is 1. The molecule has 0 fully saturated rings. The highest BCUT2D eigenvalue weighted by Gasteiger charge is 2.29. The standard InChI is InChI=1S/C19H23NO5/c1-12(7-8-13-5-3-2-4-6-13)20-17(19(24)25)18(23)14-9-10-15(21)16(22)11-14/h2-6,9-12,17-18,20-23H,7-8H2,1H3,(H,24,25). The normalized spacial score (nSPS) is 14.6. The summed E-state index contributed by atoms with van der Waals surface area (Å²) in [6.45, 7) is 1.86. The van der Waals surface area contributed by atoms with Crippen LogP contribution in [-0.2, 0) is 11.2 Å². The molecule has 0 spiro atoms. The number of carboxylic acids is 1. The fourth-order valence-corrected chi connectivity index (χ4v) is 2.63. The molecule has 0 aromatic heterocycles. The highest BCUT2D eigenvalue weighted by molar-refractivity contribution is 5.74. The highest BCUT2D eigenvalue weighted by Crippen LogP contribution is 2.29. The largest absolute Gasteiger partial charge is 0.504 e. The van der Waals surface area contributed by atoms with Gasteiger partial charge in [-0.05, 0) is 43.0 Å². The molecule has 0 saturated heterocycles. The first-order chi connectivity index (χ1) is 11.9. The molecule has 6 nitrogen and oxygen atoms in total. The maximum Gasteiger partial charge on any atom is 0.323 e. The second kappa shape index (κ2) is 8.50. The lowest BCUT2D eigenvalue weighted by Crippen LogP contribution is -2.46. The zero-order valence-corrected chi connectivity index (χ0v) is 14.0. The second-order valence-electron chi connectivity index (χ2n) is 6.10. The van der Waals surface area contributed by atoms with E-state index < -0.39 is 23.9 Å². The molecule has 5 N–H and O–H groups in total. The molecule has 134 valence electrons. The Morgan fingerprint density at radius 1 is 1.08 bits per heavy atom. The number of rotatable bonds is 8. The lowest BCUT2D eigenvalue weighted by atomic mass is 9.99. The van der Waals surface area contributed by atoms with Crippen LogP contribution in [0.3, 0.4) is 0 Å². The van der Waals surface area contributed by atoms with Crippen molar-refractivity contribution in [3.05, 3.63) is 59.7 Å². The van der Waals surface area contributed by atoms with Crippen LogP contribution in [0, 0.1) is 0 Å². The zero-order chi connectivity index (χ0) is 18.4. The van der Waals surface area contributed by atoms with Gasteiger partial charge in [0.05, 0.1) is 0 Å². The maximum atomic E-state index is 11.5. The molecule has 0 aliphatic rings. The van der Waals surface area contributed by atoms with Crippen molar-refractivity contribution in [3.63, 3.8) is 0 Å². The van der Waals surface area contributed by atoms with Crippen molar-refractivity contribution in [2.24, 2.45) is 0 Å². The van der Waals surface area contributed by atoms with Crippen molar-refractivity contribution < 1.29 is 25.2 Å². The first-order valence-electron chi connectivity index (χ1n) is 8.11. The third-order valence-electron chi connectivity index (χ3n) is 4.10. The number of hydrogen-bond acceptors (Lipinski definition) is 5. The molecule has 3 atom stereocenters. The van der Waals surface area contributed by atoms with Gasteiger partial charge < -0.3 is 20.4 Å². The second-order valence-corrected chi connectivity index (χ2v) is 6.10. The van der Waals surface area contributed by atoms with Gasteiger partial charge in [-0.25, -0.2) is 0 Å². The van der Waals surface area contributed by atoms with E-state index in [2.05, 4.69) is 5.32 Å². The van der Waals surface area contributed by atoms with Crippen LogP contribution >= 0.6 is 0 Å². The Morgan fingerprint density at radius 3 is 2.36 bits per heavy atom. The minimum absolute atomic E-state index is 0.137. The van der Waals surface area contributed by atoms with E-state index in [1.165, 1.54) is 12.1 Å². The number of benzene rings is 2. The number of phenolic OH excluding ortho intramolecular Hbond substituents is 2. The predicted molar refractivity (Wildman–Crippen MR) is 93.5 cm³/mol. The molecule has 0 saturated carbocycles. The van der Waals surface area contributed by atoms with Crippen LogP contribution in [0.25, 0.3) is 0 Å². The van der Waals surface area contributed by atoms with E-state index in [1.807, 2.05) is 37.3 Å². The third-order valence-corrected chi connectivity index (χ3v) is 4.10. The van der Waals surface area contributed by atoms with Gasteiger partial charge >= 0.3 is 5.97 Å². The molecule has 0 radical (unpaired) electrons. The summed E-state index contributed by atoms with van der Waals surface area (Å²) in [5.74, 6) is -1.92. The van der Waals surface area contributed by atoms with Gasteiger partial charge in [-0.2, -0.15) is 0 Å². The Bertz CT molecular complexity index is 704. The Labute approximate surface area is 146 Å². The van der Waals surface area contributed by atoms with Crippen molar-refractivity contribution in [2.45, 2.75) is 38.0 Å². The third kappa shape index (κ3) is 5.20. The molecule has 0 amide bonds. The monoisotopic (exact) mass is 345 g/mol. The predicted octanol–water partition coefficient (Wildman–Crippen LogP) is 2.20. The minimum Gasteiger partial charge on any atom is -0.504 e. The van der Waals surface area contributed by atoms with Crippen molar-refractivity contribution in [1.29, 1.82) is 0 Å². The summed E-state index contributed by atoms with van der Waals surface area (Å²) in [6, 6.07) is 12.3. The van der Waals surface area contributed by atoms with E-state index in [9.17, 15) is 25.2 Å². The lowest BCUT2D eigenvalue weighted by molar-refractivity contribution is -0.143. The molecular formula is C19H23NO5. The number of aliphatic carboxylic acids is 1. The van der Waals surface area contributed by atoms with Crippen LogP contribution in [0.15, 0.2) is 48.5 Å². The quantitative estimate of drug-likeness (QED) is 0.469. The van der Waals surface area contributed by atoms with Gasteiger partial charge in [-0.1, -0.05) is 36.4 Å². The molecule has 0 aliphatic heterocycles. The fourth-order valence-electron chi connectivity index (χ4n) is 2.63. The summed E-state index contributed by atoms with van der Waals surface area (Å²) in [5, 5.41) is 41.6. The summed E-state index contributed by atoms with van der Waals surface area (Å²) in [4.78, 5) is 11.5. The number of aliphatic hydroxyl groups excluding tert-OH is 1. The topological polar surface area (TPSA) is 110 Å². The van der Waals surface area contributed by atoms with Gasteiger partial charge in [0, 0.05) is 6.04 Å². The fraction of sp³-hybridized carbons (Fsp3) is 0.316. The van der Waals surface area contributed by atoms with E-state index >= 15 is 0 Å². The average Bonchev–Trinajstić information content (AvgIpc) is 2.60. The van der Waals surface area contributed by atoms with Crippen LogP contribution < -0.4 is 5.32 Å². The average molecular weight is 345 g/mol. The van der Waals surface area contributed by atoms with E-state index in [0.717, 1.165) is 18.1 Å². The van der Waals surface area contributed by atoms with E-state index in [0.29, 0.717) is 6.42 Å². The van der Waals surface area contributed by atoms with Crippen molar-refractivity contribution in [2.75, 3.05) is 0 Å². The van der Waals surface area contributed by atoms with Crippen LogP contribution in [0.4, 0.5) is 0 Å². The van der Waals surface area contributed by atoms with Crippen LogP contribution in [0.2, 0.25) is 0 Å². The summed E-state index contributed by atoms with van der Waals surface area (Å²) in [5.41, 5.74) is 1.37. The van der Waals surface area contributed by atoms with E-state index in [-0.39, 0.29) is 17.4 Å². The van der Waals surface area contributed by atoms with Crippen LogP contribution in [0.1, 0.15) is 30.6 Å². The van der Waals surface area contributed by atoms with E-state index in [1.54, 1.807) is 0 Å². The summed E-state index contributed by atoms with van der Waals surface area (Å²) in [6.07, 6.45) is 0.141. The van der Waals surface area contributed by atoms with Gasteiger partial charge in [-0.15, -0.1) is 0 Å². The Hall–Kier alpha value is -2.57. The highest BCUT2D eigenvalue weighted by atomic mass is 16.4. The maximum absolute atomic E-state index is 11.5. The smallest absolute Gasteiger partial charge is 0.323 e. The molecule has 0 bridgehead atoms. The summed E-state index contributed by atoms with van der Waals surface area (Å²) >= 11 is 0. The molecule has 2 aromatic carbocycles. The molecule has 3 unspecified atom stereocenters. The summed E-state index contributed by atoms with van der Waals surface area (Å²) < 4.78 is 0. The van der Waals surface area contributed by atoms with Gasteiger partial charge in [0.2, 0.25) is 0 Å². The van der Waals surface area contributed by atoms with Crippen molar-refractivity contribution in [3.8, 4) is 11.5 Å². The number of nitrogens with one attached hydrogen (secondary N) is 1. The number of hydrogen-bond donors (Lipinski definition) is 5. The van der Waals surface area contributed by atoms with Gasteiger partial charge in [0.25, 0.3) is 0 Å². The molecule has 2 rings (SSSR count). The molecule has 0 aliphatic carbocycles. The van der Waals surface area contributed by atoms with Gasteiger partial charge in [0.1, 0.15) is 12.1 Å². The molecule has 2 aromatic rings. The van der Waals surface area contributed by atoms with Crippen molar-refractivity contribution >= 4 is 5.97 Å². The Balaban J connectivity index is 2.01. The molecular weight excluding hydrogens is 322 g/mol. The van der Waals surface area contributed by atoms with E-state index in [4.69, 9.17) is 0 Å². The number of aryl methyl sites for hydroxylation is 1. The minimum atomic E-state index is -1.36. The first-order valence-corrected chi connectivity index (χ1v) is 8.11. The number of aromatic hydroxyl groups is 2. The molecule has 6 heteroatoms. The lowest BCUT2D eigenvalue weighted by Gasteiger charge is -2.25. The zero-order valence-electron chi connectivity index (χ0n) is 14.0. The summed E-state index contributed by atoms with van der Waals surface area (Å²) in [7, 11) is 0. The first kappa shape index (κ1) is 18.8. The number of aliphatic hydroxyl groups is 1. The van der Waals surface area contributed by atoms with Crippen LogP contribution in [0.5, 0.6) is 11.5 Å². The van der Waals surface area contributed by atoms with Gasteiger partial charge in [-0.3, -0.25) is 10.1 Å². The molecule has 25 heavy (non-hydrogen) atoms. The van der Waals surface area contributed by atoms with Gasteiger partial charge in [0.15, 0.2) is 11.5 Å².